The summed E-state index contributed by atoms with van der Waals surface area (Å²) in [5, 5.41) is 11.9. The number of rotatable bonds is 5. The minimum absolute atomic E-state index is 0.142. The lowest BCUT2D eigenvalue weighted by molar-refractivity contribution is -0.138. The van der Waals surface area contributed by atoms with E-state index >= 15 is 0 Å². The summed E-state index contributed by atoms with van der Waals surface area (Å²) in [6, 6.07) is 8.43. The third-order valence-corrected chi connectivity index (χ3v) is 2.62. The minimum atomic E-state index is -0.708. The summed E-state index contributed by atoms with van der Waals surface area (Å²) in [6.07, 6.45) is 0. The largest absolute Gasteiger partial charge is 0.465 e. The van der Waals surface area contributed by atoms with Crippen LogP contribution in [-0.4, -0.2) is 25.7 Å². The summed E-state index contributed by atoms with van der Waals surface area (Å²) in [7, 11) is 1.28. The maximum atomic E-state index is 11.7. The fourth-order valence-electron chi connectivity index (χ4n) is 1.63. The first-order valence-electron chi connectivity index (χ1n) is 6.27. The minimum Gasteiger partial charge on any atom is -0.465 e. The zero-order valence-corrected chi connectivity index (χ0v) is 12.1. The van der Waals surface area contributed by atoms with E-state index in [9.17, 15) is 9.59 Å². The van der Waals surface area contributed by atoms with Crippen LogP contribution in [0.15, 0.2) is 35.5 Å². The number of nitrogens with one attached hydrogen (secondary N) is 1. The monoisotopic (exact) mass is 288 g/mol. The van der Waals surface area contributed by atoms with Gasteiger partial charge in [0.15, 0.2) is 5.57 Å². The first-order chi connectivity index (χ1) is 10.0. The van der Waals surface area contributed by atoms with Crippen LogP contribution in [0.1, 0.15) is 24.2 Å². The second kappa shape index (κ2) is 7.70. The average molecular weight is 288 g/mol. The lowest BCUT2D eigenvalue weighted by Crippen LogP contribution is -2.13. The molecule has 0 atom stereocenters. The number of benzene rings is 1. The van der Waals surface area contributed by atoms with E-state index in [1.54, 1.807) is 44.2 Å². The number of allylic oxidation sites excluding steroid dienone is 1. The quantitative estimate of drug-likeness (QED) is 0.508. The number of anilines is 1. The highest BCUT2D eigenvalue weighted by atomic mass is 16.5. The standard InChI is InChI=1S/C15H16N2O4/c1-4-21-15(19)12(9-16)10(2)17-13-8-6-5-7-11(13)14(18)20-3/h5-8,17H,4H2,1-3H3/b12-10-. The Kier molecular flexibility index (Phi) is 5.96. The number of carbonyl (C=O) groups excluding carboxylic acids is 2. The molecule has 0 radical (unpaired) electrons. The molecule has 0 aromatic heterocycles. The topological polar surface area (TPSA) is 88.4 Å². The molecule has 1 aromatic rings. The zero-order valence-electron chi connectivity index (χ0n) is 12.1. The fraction of sp³-hybridized carbons (Fsp3) is 0.267. The van der Waals surface area contributed by atoms with Crippen molar-refractivity contribution in [3.63, 3.8) is 0 Å². The Morgan fingerprint density at radius 2 is 2.00 bits per heavy atom. The third kappa shape index (κ3) is 4.08. The van der Waals surface area contributed by atoms with Gasteiger partial charge in [-0.1, -0.05) is 12.1 Å². The number of methoxy groups -OCH3 is 1. The van der Waals surface area contributed by atoms with Gasteiger partial charge in [0.25, 0.3) is 0 Å². The Hall–Kier alpha value is -2.81. The van der Waals surface area contributed by atoms with Crippen LogP contribution >= 0.6 is 0 Å². The van der Waals surface area contributed by atoms with Gasteiger partial charge in [0.2, 0.25) is 0 Å². The van der Waals surface area contributed by atoms with Crippen molar-refractivity contribution in [1.29, 1.82) is 5.26 Å². The lowest BCUT2D eigenvalue weighted by Gasteiger charge is -2.12. The van der Waals surface area contributed by atoms with E-state index < -0.39 is 11.9 Å². The molecule has 0 amide bonds. The van der Waals surface area contributed by atoms with Crippen LogP contribution < -0.4 is 5.32 Å². The zero-order chi connectivity index (χ0) is 15.8. The number of esters is 2. The smallest absolute Gasteiger partial charge is 0.350 e. The number of para-hydroxylation sites is 1. The highest BCUT2D eigenvalue weighted by molar-refractivity contribution is 5.97. The first-order valence-corrected chi connectivity index (χ1v) is 6.27. The summed E-state index contributed by atoms with van der Waals surface area (Å²) in [5.74, 6) is -1.22. The van der Waals surface area contributed by atoms with Gasteiger partial charge in [-0.25, -0.2) is 9.59 Å². The molecule has 0 aliphatic heterocycles. The second-order valence-electron chi connectivity index (χ2n) is 3.99. The van der Waals surface area contributed by atoms with Crippen molar-refractivity contribution >= 4 is 17.6 Å². The molecule has 1 rings (SSSR count). The van der Waals surface area contributed by atoms with Gasteiger partial charge in [-0.05, 0) is 26.0 Å². The van der Waals surface area contributed by atoms with Crippen molar-refractivity contribution in [2.45, 2.75) is 13.8 Å². The van der Waals surface area contributed by atoms with Crippen LogP contribution in [0.2, 0.25) is 0 Å². The van der Waals surface area contributed by atoms with Crippen molar-refractivity contribution < 1.29 is 19.1 Å². The summed E-state index contributed by atoms with van der Waals surface area (Å²) in [5.41, 5.74) is 0.906. The maximum absolute atomic E-state index is 11.7. The highest BCUT2D eigenvalue weighted by Crippen LogP contribution is 2.19. The molecule has 0 fully saturated rings. The average Bonchev–Trinajstić information content (AvgIpc) is 2.48. The molecular weight excluding hydrogens is 272 g/mol. The Morgan fingerprint density at radius 1 is 1.33 bits per heavy atom. The number of nitriles is 1. The third-order valence-electron chi connectivity index (χ3n) is 2.62. The van der Waals surface area contributed by atoms with E-state index in [4.69, 9.17) is 10.00 Å². The van der Waals surface area contributed by atoms with Crippen LogP contribution in [0.25, 0.3) is 0 Å². The van der Waals surface area contributed by atoms with E-state index in [1.807, 2.05) is 0 Å². The predicted octanol–water partition coefficient (Wildman–Crippen LogP) is 2.25. The van der Waals surface area contributed by atoms with Gasteiger partial charge in [-0.2, -0.15) is 5.26 Å². The molecule has 21 heavy (non-hydrogen) atoms. The fourth-order valence-corrected chi connectivity index (χ4v) is 1.63. The molecule has 0 heterocycles. The van der Waals surface area contributed by atoms with Crippen molar-refractivity contribution in [2.75, 3.05) is 19.0 Å². The summed E-state index contributed by atoms with van der Waals surface area (Å²) in [6.45, 7) is 3.39. The van der Waals surface area contributed by atoms with Gasteiger partial charge in [-0.3, -0.25) is 0 Å². The Balaban J connectivity index is 3.13. The van der Waals surface area contributed by atoms with E-state index in [1.165, 1.54) is 7.11 Å². The number of carbonyl (C=O) groups is 2. The lowest BCUT2D eigenvalue weighted by atomic mass is 10.1. The number of ether oxygens (including phenoxy) is 2. The molecule has 0 bridgehead atoms. The normalized spacial score (nSPS) is 11.0. The summed E-state index contributed by atoms with van der Waals surface area (Å²) in [4.78, 5) is 23.3. The van der Waals surface area contributed by atoms with Gasteiger partial charge in [0.05, 0.1) is 25.0 Å². The molecule has 0 aliphatic rings. The molecule has 0 aliphatic carbocycles. The van der Waals surface area contributed by atoms with Crippen molar-refractivity contribution in [3.05, 3.63) is 41.1 Å². The summed E-state index contributed by atoms with van der Waals surface area (Å²) >= 11 is 0. The molecule has 6 heteroatoms. The molecule has 0 spiro atoms. The Bertz CT molecular complexity index is 614. The molecule has 0 saturated carbocycles. The molecule has 0 unspecified atom stereocenters. The number of hydrogen-bond donors (Lipinski definition) is 1. The molecular formula is C15H16N2O4. The SMILES string of the molecule is CCOC(=O)/C(C#N)=C(/C)Nc1ccccc1C(=O)OC. The Morgan fingerprint density at radius 3 is 2.57 bits per heavy atom. The van der Waals surface area contributed by atoms with Gasteiger partial charge < -0.3 is 14.8 Å². The van der Waals surface area contributed by atoms with Crippen molar-refractivity contribution in [3.8, 4) is 6.07 Å². The maximum Gasteiger partial charge on any atom is 0.350 e. The van der Waals surface area contributed by atoms with Gasteiger partial charge in [-0.15, -0.1) is 0 Å². The Labute approximate surface area is 123 Å². The molecule has 1 N–H and O–H groups in total. The summed E-state index contributed by atoms with van der Waals surface area (Å²) < 4.78 is 9.48. The van der Waals surface area contributed by atoms with E-state index in [2.05, 4.69) is 10.1 Å². The van der Waals surface area contributed by atoms with Crippen LogP contribution in [0, 0.1) is 11.3 Å². The van der Waals surface area contributed by atoms with Gasteiger partial charge in [0.1, 0.15) is 6.07 Å². The van der Waals surface area contributed by atoms with Crippen LogP contribution in [0.5, 0.6) is 0 Å². The molecule has 0 saturated heterocycles. The highest BCUT2D eigenvalue weighted by Gasteiger charge is 2.16. The molecule has 6 nitrogen and oxygen atoms in total. The van der Waals surface area contributed by atoms with E-state index in [0.717, 1.165) is 0 Å². The van der Waals surface area contributed by atoms with Crippen molar-refractivity contribution in [2.24, 2.45) is 0 Å². The van der Waals surface area contributed by atoms with Crippen LogP contribution in [0.4, 0.5) is 5.69 Å². The number of hydrogen-bond acceptors (Lipinski definition) is 6. The number of nitrogens with zero attached hydrogens (tertiary/aromatic N) is 1. The van der Waals surface area contributed by atoms with Crippen molar-refractivity contribution in [1.82, 2.24) is 0 Å². The van der Waals surface area contributed by atoms with Crippen LogP contribution in [0.3, 0.4) is 0 Å². The van der Waals surface area contributed by atoms with Gasteiger partial charge in [0, 0.05) is 5.70 Å². The van der Waals surface area contributed by atoms with Gasteiger partial charge >= 0.3 is 11.9 Å². The predicted molar refractivity (Wildman–Crippen MR) is 76.4 cm³/mol. The first kappa shape index (κ1) is 16.2. The van der Waals surface area contributed by atoms with E-state index in [0.29, 0.717) is 16.9 Å². The van der Waals surface area contributed by atoms with E-state index in [-0.39, 0.29) is 12.2 Å². The molecule has 1 aromatic carbocycles. The molecule has 110 valence electrons. The van der Waals surface area contributed by atoms with Crippen LogP contribution in [-0.2, 0) is 14.3 Å². The second-order valence-corrected chi connectivity index (χ2v) is 3.99.